The number of allylic oxidation sites excluding steroid dienone is 1. The predicted octanol–water partition coefficient (Wildman–Crippen LogP) is 5.50. The molecule has 0 aromatic heterocycles. The number of carbonyl (C=O) groups is 1. The summed E-state index contributed by atoms with van der Waals surface area (Å²) in [5.74, 6) is 0.613. The summed E-state index contributed by atoms with van der Waals surface area (Å²) in [6.07, 6.45) is 2.34. The smallest absolute Gasteiger partial charge is 0.257 e. The first kappa shape index (κ1) is 24.0. The van der Waals surface area contributed by atoms with Gasteiger partial charge in [-0.25, -0.2) is 4.39 Å². The number of nitrogens with one attached hydrogen (secondary N) is 1. The minimum Gasteiger partial charge on any atom is -0.455 e. The molecule has 1 aliphatic rings. The molecule has 0 aliphatic heterocycles. The average molecular weight is 478 g/mol. The van der Waals surface area contributed by atoms with Gasteiger partial charge >= 0.3 is 0 Å². The minimum atomic E-state index is -1.53. The van der Waals surface area contributed by atoms with Gasteiger partial charge in [0.25, 0.3) is 5.91 Å². The highest BCUT2D eigenvalue weighted by molar-refractivity contribution is 6.35. The van der Waals surface area contributed by atoms with Crippen molar-refractivity contribution < 1.29 is 13.9 Å². The summed E-state index contributed by atoms with van der Waals surface area (Å²) in [4.78, 5) is 12.9. The van der Waals surface area contributed by atoms with Gasteiger partial charge in [0.1, 0.15) is 17.5 Å². The van der Waals surface area contributed by atoms with Gasteiger partial charge in [-0.1, -0.05) is 48.3 Å². The van der Waals surface area contributed by atoms with E-state index >= 15 is 0 Å². The molecule has 2 aromatic rings. The second kappa shape index (κ2) is 10.7. The molecule has 1 aliphatic carbocycles. The molecule has 1 saturated carbocycles. The molecule has 170 valence electrons. The second-order valence-corrected chi connectivity index (χ2v) is 8.42. The van der Waals surface area contributed by atoms with Crippen LogP contribution in [0.15, 0.2) is 65.7 Å². The van der Waals surface area contributed by atoms with E-state index in [0.717, 1.165) is 12.8 Å². The second-order valence-electron chi connectivity index (χ2n) is 7.58. The highest BCUT2D eigenvalue weighted by Gasteiger charge is 2.25. The molecular formula is C24H26Cl2FN3O2. The van der Waals surface area contributed by atoms with Crippen molar-refractivity contribution in [2.24, 2.45) is 11.5 Å². The molecule has 0 spiro atoms. The molecule has 5 nitrogen and oxygen atoms in total. The summed E-state index contributed by atoms with van der Waals surface area (Å²) in [6.45, 7) is 1.49. The third-order valence-corrected chi connectivity index (χ3v) is 5.77. The summed E-state index contributed by atoms with van der Waals surface area (Å²) in [5.41, 5.74) is 13.6. The number of carbonyl (C=O) groups excluding carboxylic acids is 1. The zero-order chi connectivity index (χ0) is 23.3. The van der Waals surface area contributed by atoms with Gasteiger partial charge in [-0.2, -0.15) is 0 Å². The fourth-order valence-electron chi connectivity index (χ4n) is 3.27. The van der Waals surface area contributed by atoms with Crippen LogP contribution in [-0.4, -0.2) is 12.5 Å². The molecule has 0 bridgehead atoms. The highest BCUT2D eigenvalue weighted by Crippen LogP contribution is 2.41. The Labute approximate surface area is 197 Å². The fraction of sp³-hybridized carbons (Fsp3) is 0.292. The van der Waals surface area contributed by atoms with E-state index in [1.54, 1.807) is 13.0 Å². The van der Waals surface area contributed by atoms with E-state index in [1.807, 2.05) is 18.2 Å². The summed E-state index contributed by atoms with van der Waals surface area (Å²) in [6, 6.07) is 12.1. The van der Waals surface area contributed by atoms with Gasteiger partial charge in [-0.15, -0.1) is 0 Å². The summed E-state index contributed by atoms with van der Waals surface area (Å²) in [7, 11) is 0. The molecule has 3 rings (SSSR count). The molecule has 1 fully saturated rings. The minimum absolute atomic E-state index is 0.0706. The third kappa shape index (κ3) is 5.96. The van der Waals surface area contributed by atoms with Crippen molar-refractivity contribution in [1.82, 2.24) is 5.32 Å². The van der Waals surface area contributed by atoms with Crippen LogP contribution >= 0.6 is 23.2 Å². The Morgan fingerprint density at radius 1 is 1.28 bits per heavy atom. The first-order valence-electron chi connectivity index (χ1n) is 10.4. The zero-order valence-electron chi connectivity index (χ0n) is 17.7. The fourth-order valence-corrected chi connectivity index (χ4v) is 3.80. The maximum Gasteiger partial charge on any atom is 0.257 e. The Hall–Kier alpha value is -2.70. The molecule has 1 amide bonds. The molecule has 0 saturated heterocycles. The Bertz CT molecular complexity index is 1050. The molecule has 8 heteroatoms. The van der Waals surface area contributed by atoms with E-state index in [4.69, 9.17) is 39.4 Å². The van der Waals surface area contributed by atoms with E-state index in [9.17, 15) is 9.18 Å². The lowest BCUT2D eigenvalue weighted by atomic mass is 10.1. The van der Waals surface area contributed by atoms with Gasteiger partial charge in [0.15, 0.2) is 5.76 Å². The SMILES string of the molecule is CC/C(N)=C(C(=O)NCC(F)c1ccc(Cl)cc1Cl)/C(=C\N)Oc1cccc(C2CC2)c1. The monoisotopic (exact) mass is 477 g/mol. The van der Waals surface area contributed by atoms with Crippen LogP contribution in [0.2, 0.25) is 10.0 Å². The highest BCUT2D eigenvalue weighted by atomic mass is 35.5. The van der Waals surface area contributed by atoms with E-state index in [2.05, 4.69) is 5.32 Å². The van der Waals surface area contributed by atoms with E-state index in [0.29, 0.717) is 23.1 Å². The van der Waals surface area contributed by atoms with Gasteiger partial charge in [-0.3, -0.25) is 4.79 Å². The number of hydrogen-bond acceptors (Lipinski definition) is 4. The molecule has 1 atom stereocenters. The molecular weight excluding hydrogens is 452 g/mol. The Balaban J connectivity index is 1.74. The van der Waals surface area contributed by atoms with Crippen molar-refractivity contribution in [3.8, 4) is 5.75 Å². The molecule has 0 radical (unpaired) electrons. The van der Waals surface area contributed by atoms with Gasteiger partial charge in [-0.05, 0) is 55.0 Å². The molecule has 32 heavy (non-hydrogen) atoms. The average Bonchev–Trinajstić information content (AvgIpc) is 3.62. The van der Waals surface area contributed by atoms with Crippen LogP contribution in [0.5, 0.6) is 5.75 Å². The van der Waals surface area contributed by atoms with Crippen LogP contribution in [-0.2, 0) is 4.79 Å². The lowest BCUT2D eigenvalue weighted by Gasteiger charge is -2.17. The Kier molecular flexibility index (Phi) is 8.04. The largest absolute Gasteiger partial charge is 0.455 e. The van der Waals surface area contributed by atoms with Crippen molar-refractivity contribution in [2.45, 2.75) is 38.3 Å². The summed E-state index contributed by atoms with van der Waals surface area (Å²) >= 11 is 11.9. The quantitative estimate of drug-likeness (QED) is 0.252. The standard InChI is InChI=1S/C24H26Cl2FN3O2/c1-2-21(29)23(22(12-28)32-17-5-3-4-15(10-17)14-6-7-14)24(31)30-13-20(27)18-9-8-16(25)11-19(18)26/h3-5,8-12,14,20H,2,6-7,13,28-29H2,1H3,(H,30,31)/b22-12+,23-21+. The van der Waals surface area contributed by atoms with Crippen LogP contribution in [0.3, 0.4) is 0 Å². The lowest BCUT2D eigenvalue weighted by molar-refractivity contribution is -0.117. The summed E-state index contributed by atoms with van der Waals surface area (Å²) < 4.78 is 20.7. The Morgan fingerprint density at radius 2 is 2.03 bits per heavy atom. The van der Waals surface area contributed by atoms with Crippen LogP contribution in [0, 0.1) is 0 Å². The van der Waals surface area contributed by atoms with Crippen molar-refractivity contribution in [3.05, 3.63) is 86.9 Å². The predicted molar refractivity (Wildman–Crippen MR) is 126 cm³/mol. The zero-order valence-corrected chi connectivity index (χ0v) is 19.2. The Morgan fingerprint density at radius 3 is 2.66 bits per heavy atom. The van der Waals surface area contributed by atoms with Crippen LogP contribution in [0.4, 0.5) is 4.39 Å². The van der Waals surface area contributed by atoms with Gasteiger partial charge in [0.2, 0.25) is 0 Å². The first-order valence-corrected chi connectivity index (χ1v) is 11.2. The first-order chi connectivity index (χ1) is 15.3. The van der Waals surface area contributed by atoms with Crippen LogP contribution < -0.4 is 21.5 Å². The van der Waals surface area contributed by atoms with Crippen molar-refractivity contribution >= 4 is 29.1 Å². The summed E-state index contributed by atoms with van der Waals surface area (Å²) in [5, 5.41) is 3.14. The van der Waals surface area contributed by atoms with Gasteiger partial charge < -0.3 is 21.5 Å². The van der Waals surface area contributed by atoms with Gasteiger partial charge in [0, 0.05) is 27.5 Å². The molecule has 5 N–H and O–H groups in total. The number of ether oxygens (including phenoxy) is 1. The van der Waals surface area contributed by atoms with E-state index in [1.165, 1.54) is 30.0 Å². The van der Waals surface area contributed by atoms with Crippen molar-refractivity contribution in [3.63, 3.8) is 0 Å². The number of alkyl halides is 1. The number of benzene rings is 2. The van der Waals surface area contributed by atoms with Crippen molar-refractivity contribution in [2.75, 3.05) is 6.54 Å². The normalized spacial score (nSPS) is 15.7. The molecule has 0 heterocycles. The number of halogens is 3. The maximum atomic E-state index is 14.7. The number of amides is 1. The van der Waals surface area contributed by atoms with E-state index in [-0.39, 0.29) is 34.2 Å². The van der Waals surface area contributed by atoms with Crippen molar-refractivity contribution in [1.29, 1.82) is 0 Å². The molecule has 2 aromatic carbocycles. The topological polar surface area (TPSA) is 90.4 Å². The lowest BCUT2D eigenvalue weighted by Crippen LogP contribution is -2.32. The number of rotatable bonds is 9. The van der Waals surface area contributed by atoms with Crippen LogP contribution in [0.1, 0.15) is 49.4 Å². The van der Waals surface area contributed by atoms with Crippen LogP contribution in [0.25, 0.3) is 0 Å². The van der Waals surface area contributed by atoms with Gasteiger partial charge in [0.05, 0.1) is 6.54 Å². The van der Waals surface area contributed by atoms with E-state index < -0.39 is 12.1 Å². The third-order valence-electron chi connectivity index (χ3n) is 5.20. The maximum absolute atomic E-state index is 14.7. The number of hydrogen-bond donors (Lipinski definition) is 3. The number of nitrogens with two attached hydrogens (primary N) is 2. The molecule has 1 unspecified atom stereocenters.